The van der Waals surface area contributed by atoms with Crippen molar-refractivity contribution in [2.24, 2.45) is 0 Å². The van der Waals surface area contributed by atoms with Crippen LogP contribution in [0.2, 0.25) is 0 Å². The van der Waals surface area contributed by atoms with E-state index in [1.807, 2.05) is 0 Å². The highest BCUT2D eigenvalue weighted by Crippen LogP contribution is 2.49. The van der Waals surface area contributed by atoms with Gasteiger partial charge in [0.1, 0.15) is 43.2 Å². The van der Waals surface area contributed by atoms with Crippen molar-refractivity contribution < 1.29 is 81.6 Å². The average Bonchev–Trinajstić information content (AvgIpc) is 4.03. The zero-order chi connectivity index (χ0) is 48.6. The number of aliphatic hydroxyl groups excluding tert-OH is 4. The number of epoxide rings is 1. The molecular formula is C47H80O17P2. The molecule has 1 saturated heterocycles. The van der Waals surface area contributed by atoms with Gasteiger partial charge in [-0.05, 0) is 77.0 Å². The number of rotatable bonds is 38. The van der Waals surface area contributed by atoms with Gasteiger partial charge in [-0.3, -0.25) is 23.2 Å². The van der Waals surface area contributed by atoms with E-state index in [0.29, 0.717) is 25.0 Å². The zero-order valence-corrected chi connectivity index (χ0v) is 40.8. The van der Waals surface area contributed by atoms with Crippen LogP contribution in [-0.2, 0) is 46.5 Å². The van der Waals surface area contributed by atoms with E-state index >= 15 is 0 Å². The van der Waals surface area contributed by atoms with Crippen LogP contribution in [0.4, 0.5) is 0 Å². The molecule has 0 radical (unpaired) electrons. The summed E-state index contributed by atoms with van der Waals surface area (Å²) in [4.78, 5) is 54.3. The van der Waals surface area contributed by atoms with Gasteiger partial charge in [-0.15, -0.1) is 0 Å². The normalized spacial score (nSPS) is 25.1. The van der Waals surface area contributed by atoms with Gasteiger partial charge in [-0.2, -0.15) is 0 Å². The number of phosphoric acid groups is 2. The maximum atomic E-state index is 13.0. The van der Waals surface area contributed by atoms with Gasteiger partial charge in [0.25, 0.3) is 0 Å². The maximum Gasteiger partial charge on any atom is 0.472 e. The third kappa shape index (κ3) is 28.2. The van der Waals surface area contributed by atoms with Crippen molar-refractivity contribution in [1.29, 1.82) is 0 Å². The molecule has 380 valence electrons. The van der Waals surface area contributed by atoms with E-state index in [9.17, 15) is 53.8 Å². The Morgan fingerprint density at radius 2 is 1.11 bits per heavy atom. The van der Waals surface area contributed by atoms with E-state index in [1.54, 1.807) is 0 Å². The summed E-state index contributed by atoms with van der Waals surface area (Å²) in [5.74, 6) is -1.26. The zero-order valence-electron chi connectivity index (χ0n) is 39.0. The Labute approximate surface area is 392 Å². The second-order valence-electron chi connectivity index (χ2n) is 16.8. The Hall–Kier alpha value is -2.34. The highest BCUT2D eigenvalue weighted by Gasteiger charge is 2.54. The first-order chi connectivity index (χ1) is 31.6. The molecular weight excluding hydrogens is 898 g/mol. The minimum absolute atomic E-state index is 0.0149. The molecule has 2 aliphatic rings. The minimum Gasteiger partial charge on any atom is -0.462 e. The summed E-state index contributed by atoms with van der Waals surface area (Å²) in [7, 11) is -10.7. The van der Waals surface area contributed by atoms with Crippen molar-refractivity contribution in [3.05, 3.63) is 60.8 Å². The summed E-state index contributed by atoms with van der Waals surface area (Å²) < 4.78 is 55.1. The number of phosphoric ester groups is 2. The van der Waals surface area contributed by atoms with Crippen LogP contribution in [0.1, 0.15) is 155 Å². The van der Waals surface area contributed by atoms with Crippen LogP contribution in [0.25, 0.3) is 0 Å². The van der Waals surface area contributed by atoms with E-state index < -0.39 is 83.5 Å². The SMILES string of the molecule is CC/C=C\C/C=C\C/C=C\C/C=C\CCCCCCC(=O)OC[C@H](COP(=O)(O)O[C@H]1C(O)C(O)C(O)[C@@H](OP(=O)(O)O)C1O)OC(=O)CCCCCCC/C=C\CC1OC1CCCCC. The molecule has 0 bridgehead atoms. The predicted octanol–water partition coefficient (Wildman–Crippen LogP) is 8.05. The molecule has 0 aromatic heterocycles. The fourth-order valence-electron chi connectivity index (χ4n) is 7.20. The molecule has 0 aromatic rings. The smallest absolute Gasteiger partial charge is 0.462 e. The van der Waals surface area contributed by atoms with Gasteiger partial charge in [-0.1, -0.05) is 126 Å². The molecule has 0 aromatic carbocycles. The van der Waals surface area contributed by atoms with E-state index in [-0.39, 0.29) is 12.8 Å². The predicted molar refractivity (Wildman–Crippen MR) is 250 cm³/mol. The number of allylic oxidation sites excluding steroid dienone is 9. The molecule has 1 heterocycles. The molecule has 0 spiro atoms. The van der Waals surface area contributed by atoms with Crippen LogP contribution in [-0.4, -0.2) is 115 Å². The Morgan fingerprint density at radius 3 is 1.70 bits per heavy atom. The number of hydrogen-bond acceptors (Lipinski definition) is 14. The van der Waals surface area contributed by atoms with E-state index in [1.165, 1.54) is 19.3 Å². The van der Waals surface area contributed by atoms with Crippen LogP contribution in [0, 0.1) is 0 Å². The van der Waals surface area contributed by atoms with Crippen LogP contribution in [0.15, 0.2) is 60.8 Å². The number of esters is 2. The van der Waals surface area contributed by atoms with Gasteiger partial charge in [0.15, 0.2) is 6.10 Å². The molecule has 2 rings (SSSR count). The van der Waals surface area contributed by atoms with Crippen molar-refractivity contribution in [1.82, 2.24) is 0 Å². The average molecular weight is 979 g/mol. The lowest BCUT2D eigenvalue weighted by atomic mass is 9.85. The summed E-state index contributed by atoms with van der Waals surface area (Å²) in [6, 6.07) is 0. The lowest BCUT2D eigenvalue weighted by Gasteiger charge is -2.43. The van der Waals surface area contributed by atoms with Crippen molar-refractivity contribution >= 4 is 27.6 Å². The van der Waals surface area contributed by atoms with E-state index in [4.69, 9.17) is 23.3 Å². The van der Waals surface area contributed by atoms with Gasteiger partial charge < -0.3 is 49.3 Å². The van der Waals surface area contributed by atoms with Crippen LogP contribution < -0.4 is 0 Å². The van der Waals surface area contributed by atoms with E-state index in [2.05, 4.69) is 79.1 Å². The molecule has 10 atom stereocenters. The Morgan fingerprint density at radius 1 is 0.576 bits per heavy atom. The van der Waals surface area contributed by atoms with Gasteiger partial charge in [0.2, 0.25) is 0 Å². The number of carbonyl (C=O) groups excluding carboxylic acids is 2. The molecule has 1 saturated carbocycles. The summed E-state index contributed by atoms with van der Waals surface area (Å²) in [5.41, 5.74) is 0. The summed E-state index contributed by atoms with van der Waals surface area (Å²) in [6.45, 7) is 2.92. The van der Waals surface area contributed by atoms with Gasteiger partial charge in [-0.25, -0.2) is 9.13 Å². The third-order valence-corrected chi connectivity index (χ3v) is 12.5. The number of carbonyl (C=O) groups is 2. The lowest BCUT2D eigenvalue weighted by molar-refractivity contribution is -0.216. The van der Waals surface area contributed by atoms with Crippen molar-refractivity contribution in [3.8, 4) is 0 Å². The quantitative estimate of drug-likeness (QED) is 0.0101. The fourth-order valence-corrected chi connectivity index (χ4v) is 8.74. The van der Waals surface area contributed by atoms with Gasteiger partial charge in [0, 0.05) is 12.8 Å². The standard InChI is InChI=1S/C47H80O17P2/c1-3-5-7-8-9-10-11-12-13-14-15-16-17-18-22-25-29-33-40(48)59-35-37(36-60-66(57,58)64-47-44(52)42(50)43(51)46(45(47)53)63-65(54,55)56)61-41(49)34-30-26-23-20-19-21-24-28-32-39-38(62-39)31-27-6-4-2/h5,7,9-10,12-13,15-16,24,28,37-39,42-47,50-53H,3-4,6,8,11,14,17-23,25-27,29-36H2,1-2H3,(H,57,58)(H2,54,55,56)/b7-5-,10-9-,13-12-,16-15-,28-24-/t37-,38?,39?,42?,43?,44?,45?,46-,47+/m1/s1. The molecule has 66 heavy (non-hydrogen) atoms. The Kier molecular flexibility index (Phi) is 31.6. The van der Waals surface area contributed by atoms with Crippen LogP contribution in [0.5, 0.6) is 0 Å². The largest absolute Gasteiger partial charge is 0.472 e. The molecule has 7 unspecified atom stereocenters. The monoisotopic (exact) mass is 978 g/mol. The van der Waals surface area contributed by atoms with Crippen molar-refractivity contribution in [2.75, 3.05) is 13.2 Å². The highest BCUT2D eigenvalue weighted by molar-refractivity contribution is 7.47. The maximum absolute atomic E-state index is 13.0. The number of ether oxygens (including phenoxy) is 3. The number of hydrogen-bond donors (Lipinski definition) is 7. The Balaban J connectivity index is 1.80. The molecule has 1 aliphatic carbocycles. The third-order valence-electron chi connectivity index (χ3n) is 11.0. The van der Waals surface area contributed by atoms with Gasteiger partial charge in [0.05, 0.1) is 18.8 Å². The highest BCUT2D eigenvalue weighted by atomic mass is 31.2. The summed E-state index contributed by atoms with van der Waals surface area (Å²) in [6.07, 6.45) is 26.3. The van der Waals surface area contributed by atoms with Crippen LogP contribution >= 0.6 is 15.6 Å². The van der Waals surface area contributed by atoms with Crippen molar-refractivity contribution in [2.45, 2.75) is 210 Å². The van der Waals surface area contributed by atoms with Crippen molar-refractivity contribution in [3.63, 3.8) is 0 Å². The summed E-state index contributed by atoms with van der Waals surface area (Å²) in [5, 5.41) is 41.3. The Bertz CT molecular complexity index is 1580. The first-order valence-corrected chi connectivity index (χ1v) is 27.0. The molecule has 19 heteroatoms. The second kappa shape index (κ2) is 34.9. The second-order valence-corrected chi connectivity index (χ2v) is 19.4. The molecule has 1 aliphatic heterocycles. The molecule has 17 nitrogen and oxygen atoms in total. The fraction of sp³-hybridized carbons (Fsp3) is 0.745. The molecule has 7 N–H and O–H groups in total. The lowest BCUT2D eigenvalue weighted by Crippen LogP contribution is -2.64. The number of aliphatic hydroxyl groups is 4. The van der Waals surface area contributed by atoms with Crippen LogP contribution in [0.3, 0.4) is 0 Å². The first-order valence-electron chi connectivity index (χ1n) is 24.0. The van der Waals surface area contributed by atoms with E-state index in [0.717, 1.165) is 96.3 Å². The number of unbranched alkanes of at least 4 members (excludes halogenated alkanes) is 11. The summed E-state index contributed by atoms with van der Waals surface area (Å²) >= 11 is 0. The van der Waals surface area contributed by atoms with Gasteiger partial charge >= 0.3 is 27.6 Å². The first kappa shape index (κ1) is 59.8. The topological polar surface area (TPSA) is 269 Å². The minimum atomic E-state index is -5.37. The molecule has 0 amide bonds. The molecule has 2 fully saturated rings.